The molecule has 0 N–H and O–H groups in total. The van der Waals surface area contributed by atoms with E-state index in [1.807, 2.05) is 6.07 Å². The number of benzene rings is 1. The fraction of sp³-hybridized carbons (Fsp3) is 0.182. The smallest absolute Gasteiger partial charge is 0.140 e. The molecule has 0 fully saturated rings. The van der Waals surface area contributed by atoms with Crippen LogP contribution in [0.5, 0.6) is 0 Å². The molecule has 0 aliphatic carbocycles. The molecule has 0 unspecified atom stereocenters. The van der Waals surface area contributed by atoms with Crippen LogP contribution in [0.3, 0.4) is 0 Å². The molecule has 1 aromatic carbocycles. The van der Waals surface area contributed by atoms with Crippen molar-refractivity contribution in [2.75, 3.05) is 0 Å². The summed E-state index contributed by atoms with van der Waals surface area (Å²) < 4.78 is 4.29. The van der Waals surface area contributed by atoms with E-state index in [0.717, 1.165) is 0 Å². The van der Waals surface area contributed by atoms with E-state index in [9.17, 15) is 0 Å². The minimum Gasteiger partial charge on any atom is -0.332 e. The minimum absolute atomic E-state index is 1.25. The molecule has 72 valence electrons. The van der Waals surface area contributed by atoms with Crippen molar-refractivity contribution in [3.63, 3.8) is 0 Å². The van der Waals surface area contributed by atoms with Crippen LogP contribution in [0.1, 0.15) is 0 Å². The normalized spacial score (nSPS) is 10.7. The second-order valence-corrected chi connectivity index (χ2v) is 4.41. The summed E-state index contributed by atoms with van der Waals surface area (Å²) in [5.74, 6) is 0. The molecule has 3 heteroatoms. The summed E-state index contributed by atoms with van der Waals surface area (Å²) in [5, 5.41) is 2.61. The first-order valence-corrected chi connectivity index (χ1v) is 5.44. The average molecular weight is 204 g/mol. The zero-order valence-electron chi connectivity index (χ0n) is 8.38. The molecule has 14 heavy (non-hydrogen) atoms. The zero-order chi connectivity index (χ0) is 9.97. The maximum Gasteiger partial charge on any atom is 0.140 e. The highest BCUT2D eigenvalue weighted by atomic mass is 31.1. The predicted molar refractivity (Wildman–Crippen MR) is 60.6 cm³/mol. The number of aryl methyl sites for hydroxylation is 2. The molecule has 0 saturated heterocycles. The summed E-state index contributed by atoms with van der Waals surface area (Å²) in [6.07, 6.45) is 4.15. The molecular formula is C11H13N2P. The maximum absolute atomic E-state index is 2.15. The average Bonchev–Trinajstić information content (AvgIpc) is 2.51. The lowest BCUT2D eigenvalue weighted by atomic mass is 10.4. The largest absolute Gasteiger partial charge is 0.332 e. The van der Waals surface area contributed by atoms with Gasteiger partial charge in [-0.05, 0) is 8.20 Å². The highest BCUT2D eigenvalue weighted by Crippen LogP contribution is 2.05. The van der Waals surface area contributed by atoms with E-state index in [1.165, 1.54) is 18.7 Å². The van der Waals surface area contributed by atoms with Crippen LogP contribution in [0.25, 0.3) is 0 Å². The Hall–Kier alpha value is -1.27. The molecule has 0 atom stereocenters. The molecule has 2 rings (SSSR count). The highest BCUT2D eigenvalue weighted by molar-refractivity contribution is 7.38. The third kappa shape index (κ3) is 1.80. The van der Waals surface area contributed by atoms with Crippen molar-refractivity contribution in [1.82, 2.24) is 9.13 Å². The minimum atomic E-state index is 1.25. The maximum atomic E-state index is 2.15. The lowest BCUT2D eigenvalue weighted by Gasteiger charge is -1.95. The van der Waals surface area contributed by atoms with Gasteiger partial charge in [0, 0.05) is 31.8 Å². The van der Waals surface area contributed by atoms with Gasteiger partial charge in [-0.15, -0.1) is 0 Å². The van der Waals surface area contributed by atoms with Gasteiger partial charge in [0.1, 0.15) is 5.20 Å². The van der Waals surface area contributed by atoms with E-state index >= 15 is 0 Å². The van der Waals surface area contributed by atoms with E-state index in [4.69, 9.17) is 0 Å². The molecule has 2 aromatic rings. The van der Waals surface area contributed by atoms with E-state index in [2.05, 4.69) is 59.9 Å². The van der Waals surface area contributed by atoms with E-state index in [1.54, 1.807) is 0 Å². The number of aromatic nitrogens is 2. The van der Waals surface area contributed by atoms with E-state index < -0.39 is 0 Å². The topological polar surface area (TPSA) is 9.86 Å². The fourth-order valence-electron chi connectivity index (χ4n) is 1.36. The van der Waals surface area contributed by atoms with Crippen LogP contribution >= 0.6 is 8.20 Å². The monoisotopic (exact) mass is 204 g/mol. The summed E-state index contributed by atoms with van der Waals surface area (Å²) in [6.45, 7) is 0. The van der Waals surface area contributed by atoms with Crippen molar-refractivity contribution < 1.29 is 0 Å². The molecule has 0 saturated carbocycles. The van der Waals surface area contributed by atoms with Crippen LogP contribution in [0.4, 0.5) is 0 Å². The van der Waals surface area contributed by atoms with Crippen LogP contribution in [-0.2, 0) is 14.1 Å². The Balaban J connectivity index is 2.55. The predicted octanol–water partition coefficient (Wildman–Crippen LogP) is 2.17. The van der Waals surface area contributed by atoms with E-state index in [-0.39, 0.29) is 0 Å². The standard InChI is InChI=1S/C11H13N2P/c1-12-8-9-13(2)11(12)14-10-6-4-3-5-7-10/h3-9H,1-2H3. The molecular weight excluding hydrogens is 191 g/mol. The fourth-order valence-corrected chi connectivity index (χ4v) is 2.36. The van der Waals surface area contributed by atoms with Gasteiger partial charge < -0.3 is 9.13 Å². The Morgan fingerprint density at radius 3 is 2.07 bits per heavy atom. The first-order chi connectivity index (χ1) is 6.77. The van der Waals surface area contributed by atoms with Gasteiger partial charge >= 0.3 is 0 Å². The number of nitrogens with zero attached hydrogens (tertiary/aromatic N) is 2. The summed E-state index contributed by atoms with van der Waals surface area (Å²) in [7, 11) is 5.40. The van der Waals surface area contributed by atoms with Gasteiger partial charge in [-0.3, -0.25) is 0 Å². The summed E-state index contributed by atoms with van der Waals surface area (Å²) >= 11 is 0. The second kappa shape index (κ2) is 3.85. The van der Waals surface area contributed by atoms with Gasteiger partial charge in [0.2, 0.25) is 0 Å². The third-order valence-electron chi connectivity index (χ3n) is 2.13. The van der Waals surface area contributed by atoms with Crippen LogP contribution in [0.15, 0.2) is 42.7 Å². The van der Waals surface area contributed by atoms with Crippen molar-refractivity contribution in [2.45, 2.75) is 0 Å². The van der Waals surface area contributed by atoms with Crippen molar-refractivity contribution >= 4 is 13.5 Å². The Morgan fingerprint density at radius 2 is 1.50 bits per heavy atom. The lowest BCUT2D eigenvalue weighted by molar-refractivity contribution is 0.811. The second-order valence-electron chi connectivity index (χ2n) is 3.27. The summed E-state index contributed by atoms with van der Waals surface area (Å²) in [6, 6.07) is 10.5. The number of hydrogen-bond acceptors (Lipinski definition) is 0. The molecule has 1 aromatic heterocycles. The van der Waals surface area contributed by atoms with Crippen molar-refractivity contribution in [1.29, 1.82) is 0 Å². The van der Waals surface area contributed by atoms with Gasteiger partial charge in [0.15, 0.2) is 0 Å². The van der Waals surface area contributed by atoms with Crippen LogP contribution in [-0.4, -0.2) is 9.13 Å². The van der Waals surface area contributed by atoms with Gasteiger partial charge in [-0.1, -0.05) is 30.3 Å². The van der Waals surface area contributed by atoms with Gasteiger partial charge in [-0.25, -0.2) is 0 Å². The summed E-state index contributed by atoms with van der Waals surface area (Å²) in [5.41, 5.74) is 0. The number of imidazole rings is 1. The Morgan fingerprint density at radius 1 is 0.929 bits per heavy atom. The lowest BCUT2D eigenvalue weighted by Crippen LogP contribution is -1.95. The number of hydrogen-bond donors (Lipinski definition) is 0. The Kier molecular flexibility index (Phi) is 2.55. The van der Waals surface area contributed by atoms with E-state index in [0.29, 0.717) is 0 Å². The van der Waals surface area contributed by atoms with Gasteiger partial charge in [0.05, 0.1) is 0 Å². The molecule has 0 aliphatic heterocycles. The highest BCUT2D eigenvalue weighted by Gasteiger charge is 1.92. The molecule has 0 bridgehead atoms. The first kappa shape index (κ1) is 9.29. The molecule has 1 heterocycles. The molecule has 0 amide bonds. The van der Waals surface area contributed by atoms with Gasteiger partial charge in [-0.2, -0.15) is 0 Å². The van der Waals surface area contributed by atoms with Crippen molar-refractivity contribution in [3.8, 4) is 0 Å². The molecule has 0 spiro atoms. The Labute approximate surface area is 85.2 Å². The van der Waals surface area contributed by atoms with Crippen LogP contribution in [0, 0.1) is 5.20 Å². The Bertz CT molecular complexity index is 457. The van der Waals surface area contributed by atoms with Gasteiger partial charge in [0.25, 0.3) is 0 Å². The SMILES string of the molecule is Cn1ccn(C)c1=Pc1ccccc1. The number of rotatable bonds is 1. The zero-order valence-corrected chi connectivity index (χ0v) is 9.28. The summed E-state index contributed by atoms with van der Waals surface area (Å²) in [4.78, 5) is 0. The molecule has 2 nitrogen and oxygen atoms in total. The van der Waals surface area contributed by atoms with Crippen molar-refractivity contribution in [2.24, 2.45) is 14.1 Å². The van der Waals surface area contributed by atoms with Crippen LogP contribution in [0.2, 0.25) is 0 Å². The van der Waals surface area contributed by atoms with Crippen molar-refractivity contribution in [3.05, 3.63) is 47.9 Å². The molecule has 0 aliphatic rings. The van der Waals surface area contributed by atoms with Crippen LogP contribution < -0.4 is 5.30 Å². The first-order valence-electron chi connectivity index (χ1n) is 4.55. The third-order valence-corrected chi connectivity index (χ3v) is 3.52. The quantitative estimate of drug-likeness (QED) is 0.630. The molecule has 0 radical (unpaired) electrons.